The molecule has 0 aromatic carbocycles. The number of hydrogen-bond donors (Lipinski definition) is 0. The SMILES string of the molecule is CC(C)(C)OC(=O)C12CCCN1CC1CCCCC12. The summed E-state index contributed by atoms with van der Waals surface area (Å²) in [5.41, 5.74) is -0.634. The molecule has 0 N–H and O–H groups in total. The van der Waals surface area contributed by atoms with Gasteiger partial charge in [-0.05, 0) is 64.8 Å². The topological polar surface area (TPSA) is 29.5 Å². The van der Waals surface area contributed by atoms with Crippen LogP contribution < -0.4 is 0 Å². The molecule has 2 saturated heterocycles. The number of esters is 1. The van der Waals surface area contributed by atoms with Gasteiger partial charge in [-0.15, -0.1) is 0 Å². The third kappa shape index (κ3) is 2.10. The van der Waals surface area contributed by atoms with Crippen molar-refractivity contribution in [2.24, 2.45) is 11.8 Å². The van der Waals surface area contributed by atoms with Gasteiger partial charge in [0.25, 0.3) is 0 Å². The Bertz CT molecular complexity index is 373. The third-order valence-electron chi connectivity index (χ3n) is 5.28. The van der Waals surface area contributed by atoms with E-state index in [0.29, 0.717) is 5.92 Å². The Morgan fingerprint density at radius 3 is 2.68 bits per heavy atom. The maximum atomic E-state index is 12.9. The van der Waals surface area contributed by atoms with Crippen LogP contribution in [0, 0.1) is 11.8 Å². The normalized spacial score (nSPS) is 38.9. The van der Waals surface area contributed by atoms with Crippen LogP contribution in [-0.2, 0) is 9.53 Å². The first-order chi connectivity index (χ1) is 8.93. The molecule has 2 aliphatic heterocycles. The fraction of sp³-hybridized carbons (Fsp3) is 0.938. The van der Waals surface area contributed by atoms with E-state index >= 15 is 0 Å². The molecule has 0 spiro atoms. The molecule has 3 rings (SSSR count). The van der Waals surface area contributed by atoms with Crippen molar-refractivity contribution in [1.29, 1.82) is 0 Å². The summed E-state index contributed by atoms with van der Waals surface area (Å²) in [5, 5.41) is 0. The molecule has 0 aromatic heterocycles. The van der Waals surface area contributed by atoms with Crippen LogP contribution in [0.4, 0.5) is 0 Å². The zero-order valence-corrected chi connectivity index (χ0v) is 12.6. The molecule has 3 nitrogen and oxygen atoms in total. The molecular formula is C16H27NO2. The molecule has 3 aliphatic rings. The predicted molar refractivity (Wildman–Crippen MR) is 74.8 cm³/mol. The van der Waals surface area contributed by atoms with Gasteiger partial charge in [0.2, 0.25) is 0 Å². The number of rotatable bonds is 1. The largest absolute Gasteiger partial charge is 0.459 e. The molecule has 0 radical (unpaired) electrons. The monoisotopic (exact) mass is 265 g/mol. The van der Waals surface area contributed by atoms with Gasteiger partial charge in [-0.1, -0.05) is 12.8 Å². The minimum Gasteiger partial charge on any atom is -0.459 e. The molecule has 0 aromatic rings. The minimum absolute atomic E-state index is 0.0619. The highest BCUT2D eigenvalue weighted by Gasteiger charge is 2.61. The maximum Gasteiger partial charge on any atom is 0.327 e. The first kappa shape index (κ1) is 13.4. The molecule has 2 heterocycles. The Balaban J connectivity index is 1.88. The van der Waals surface area contributed by atoms with E-state index in [9.17, 15) is 4.79 Å². The average Bonchev–Trinajstić information content (AvgIpc) is 2.82. The summed E-state index contributed by atoms with van der Waals surface area (Å²) in [5.74, 6) is 1.35. The highest BCUT2D eigenvalue weighted by atomic mass is 16.6. The molecule has 3 atom stereocenters. The summed E-state index contributed by atoms with van der Waals surface area (Å²) >= 11 is 0. The standard InChI is InChI=1S/C16H27NO2/c1-15(2,3)19-14(18)16-9-6-10-17(16)11-12-7-4-5-8-13(12)16/h12-13H,4-11H2,1-3H3. The fourth-order valence-electron chi connectivity index (χ4n) is 4.66. The zero-order valence-electron chi connectivity index (χ0n) is 12.6. The molecule has 1 aliphatic carbocycles. The van der Waals surface area contributed by atoms with Crippen LogP contribution in [0.3, 0.4) is 0 Å². The van der Waals surface area contributed by atoms with E-state index < -0.39 is 0 Å². The van der Waals surface area contributed by atoms with E-state index in [1.807, 2.05) is 20.8 Å². The molecule has 108 valence electrons. The van der Waals surface area contributed by atoms with Gasteiger partial charge in [0, 0.05) is 6.54 Å². The summed E-state index contributed by atoms with van der Waals surface area (Å²) in [4.78, 5) is 15.3. The van der Waals surface area contributed by atoms with Crippen molar-refractivity contribution in [3.63, 3.8) is 0 Å². The van der Waals surface area contributed by atoms with Crippen LogP contribution in [-0.4, -0.2) is 35.1 Å². The van der Waals surface area contributed by atoms with E-state index in [1.165, 1.54) is 25.7 Å². The van der Waals surface area contributed by atoms with Crippen molar-refractivity contribution >= 4 is 5.97 Å². The van der Waals surface area contributed by atoms with Crippen molar-refractivity contribution in [2.45, 2.75) is 70.4 Å². The zero-order chi connectivity index (χ0) is 13.7. The first-order valence-corrected chi connectivity index (χ1v) is 7.92. The number of fused-ring (bicyclic) bond motifs is 3. The van der Waals surface area contributed by atoms with E-state index in [-0.39, 0.29) is 17.1 Å². The Morgan fingerprint density at radius 2 is 1.95 bits per heavy atom. The number of ether oxygens (including phenoxy) is 1. The molecule has 19 heavy (non-hydrogen) atoms. The van der Waals surface area contributed by atoms with Gasteiger partial charge >= 0.3 is 5.97 Å². The highest BCUT2D eigenvalue weighted by molar-refractivity contribution is 5.83. The van der Waals surface area contributed by atoms with Crippen LogP contribution in [0.15, 0.2) is 0 Å². The lowest BCUT2D eigenvalue weighted by molar-refractivity contribution is -0.169. The van der Waals surface area contributed by atoms with Gasteiger partial charge < -0.3 is 4.74 Å². The quantitative estimate of drug-likeness (QED) is 0.683. The summed E-state index contributed by atoms with van der Waals surface area (Å²) in [6.45, 7) is 8.16. The van der Waals surface area contributed by atoms with Gasteiger partial charge in [-0.3, -0.25) is 9.69 Å². The number of carbonyl (C=O) groups is 1. The van der Waals surface area contributed by atoms with Gasteiger partial charge in [-0.25, -0.2) is 0 Å². The Hall–Kier alpha value is -0.570. The van der Waals surface area contributed by atoms with Crippen molar-refractivity contribution in [2.75, 3.05) is 13.1 Å². The lowest BCUT2D eigenvalue weighted by Crippen LogP contribution is -2.53. The maximum absolute atomic E-state index is 12.9. The van der Waals surface area contributed by atoms with Crippen molar-refractivity contribution in [3.8, 4) is 0 Å². The number of nitrogens with zero attached hydrogens (tertiary/aromatic N) is 1. The predicted octanol–water partition coefficient (Wildman–Crippen LogP) is 2.98. The molecule has 3 unspecified atom stereocenters. The van der Waals surface area contributed by atoms with Gasteiger partial charge in [0.15, 0.2) is 0 Å². The summed E-state index contributed by atoms with van der Waals surface area (Å²) in [6.07, 6.45) is 7.34. The second-order valence-electron chi connectivity index (χ2n) is 7.63. The fourth-order valence-corrected chi connectivity index (χ4v) is 4.66. The molecular weight excluding hydrogens is 238 g/mol. The van der Waals surface area contributed by atoms with Gasteiger partial charge in [-0.2, -0.15) is 0 Å². The lowest BCUT2D eigenvalue weighted by atomic mass is 9.71. The summed E-state index contributed by atoms with van der Waals surface area (Å²) in [7, 11) is 0. The van der Waals surface area contributed by atoms with Crippen molar-refractivity contribution < 1.29 is 9.53 Å². The smallest absolute Gasteiger partial charge is 0.327 e. The second-order valence-corrected chi connectivity index (χ2v) is 7.63. The van der Waals surface area contributed by atoms with E-state index in [2.05, 4.69) is 4.90 Å². The number of hydrogen-bond acceptors (Lipinski definition) is 3. The highest BCUT2D eigenvalue weighted by Crippen LogP contribution is 2.52. The Labute approximate surface area is 116 Å². The Kier molecular flexibility index (Phi) is 3.16. The Morgan fingerprint density at radius 1 is 1.21 bits per heavy atom. The second kappa shape index (κ2) is 4.47. The van der Waals surface area contributed by atoms with Crippen LogP contribution >= 0.6 is 0 Å². The molecule has 3 heteroatoms. The van der Waals surface area contributed by atoms with Crippen LogP contribution in [0.2, 0.25) is 0 Å². The minimum atomic E-state index is -0.368. The van der Waals surface area contributed by atoms with Crippen LogP contribution in [0.1, 0.15) is 59.3 Å². The summed E-state index contributed by atoms with van der Waals surface area (Å²) < 4.78 is 5.79. The van der Waals surface area contributed by atoms with E-state index in [4.69, 9.17) is 4.74 Å². The van der Waals surface area contributed by atoms with Gasteiger partial charge in [0.1, 0.15) is 11.1 Å². The van der Waals surface area contributed by atoms with E-state index in [0.717, 1.165) is 31.8 Å². The van der Waals surface area contributed by atoms with Gasteiger partial charge in [0.05, 0.1) is 0 Å². The summed E-state index contributed by atoms with van der Waals surface area (Å²) in [6, 6.07) is 0. The molecule has 0 amide bonds. The molecule has 3 fully saturated rings. The van der Waals surface area contributed by atoms with Crippen molar-refractivity contribution in [1.82, 2.24) is 4.90 Å². The van der Waals surface area contributed by atoms with Crippen LogP contribution in [0.5, 0.6) is 0 Å². The first-order valence-electron chi connectivity index (χ1n) is 7.92. The third-order valence-corrected chi connectivity index (χ3v) is 5.28. The average molecular weight is 265 g/mol. The van der Waals surface area contributed by atoms with E-state index in [1.54, 1.807) is 0 Å². The molecule has 0 bridgehead atoms. The lowest BCUT2D eigenvalue weighted by Gasteiger charge is -2.39. The molecule has 1 saturated carbocycles. The van der Waals surface area contributed by atoms with Crippen molar-refractivity contribution in [3.05, 3.63) is 0 Å². The van der Waals surface area contributed by atoms with Crippen LogP contribution in [0.25, 0.3) is 0 Å². The number of carbonyl (C=O) groups excluding carboxylic acids is 1.